The van der Waals surface area contributed by atoms with Gasteiger partial charge in [-0.15, -0.1) is 5.10 Å². The third-order valence-corrected chi connectivity index (χ3v) is 1.37. The summed E-state index contributed by atoms with van der Waals surface area (Å²) in [5.41, 5.74) is 0. The maximum Gasteiger partial charge on any atom is 0.166 e. The molecule has 0 fully saturated rings. The Bertz CT molecular complexity index is 160. The summed E-state index contributed by atoms with van der Waals surface area (Å²) < 4.78 is 4.76. The van der Waals surface area contributed by atoms with E-state index in [0.29, 0.717) is 0 Å². The van der Waals surface area contributed by atoms with Crippen LogP contribution in [0.25, 0.3) is 0 Å². The van der Waals surface area contributed by atoms with Crippen molar-refractivity contribution in [2.24, 2.45) is 0 Å². The maximum absolute atomic E-state index is 4.76. The standard InChI is InChI=1S/C7H11N2O/c1-2-3-4-5-7-6-8-9-10-7/h2-5H2,1H3. The first-order valence-electron chi connectivity index (χ1n) is 3.62. The fourth-order valence-electron chi connectivity index (χ4n) is 0.803. The van der Waals surface area contributed by atoms with Gasteiger partial charge in [0.15, 0.2) is 12.0 Å². The molecule has 3 nitrogen and oxygen atoms in total. The molecule has 0 aromatic carbocycles. The second-order valence-corrected chi connectivity index (χ2v) is 2.27. The van der Waals surface area contributed by atoms with E-state index in [-0.39, 0.29) is 0 Å². The van der Waals surface area contributed by atoms with Crippen LogP contribution in [0.1, 0.15) is 31.9 Å². The Hall–Kier alpha value is -0.860. The average molecular weight is 139 g/mol. The molecule has 0 unspecified atom stereocenters. The van der Waals surface area contributed by atoms with Gasteiger partial charge < -0.3 is 4.52 Å². The molecule has 0 saturated carbocycles. The van der Waals surface area contributed by atoms with Crippen LogP contribution >= 0.6 is 0 Å². The largest absolute Gasteiger partial charge is 0.341 e. The van der Waals surface area contributed by atoms with Gasteiger partial charge in [0.1, 0.15) is 0 Å². The Morgan fingerprint density at radius 3 is 3.00 bits per heavy atom. The van der Waals surface area contributed by atoms with Crippen molar-refractivity contribution in [2.45, 2.75) is 32.6 Å². The Kier molecular flexibility index (Phi) is 2.93. The molecule has 3 heteroatoms. The van der Waals surface area contributed by atoms with Crippen molar-refractivity contribution in [3.05, 3.63) is 12.0 Å². The molecule has 0 spiro atoms. The molecule has 1 aromatic rings. The lowest BCUT2D eigenvalue weighted by atomic mass is 10.2. The first kappa shape index (κ1) is 7.25. The summed E-state index contributed by atoms with van der Waals surface area (Å²) in [7, 11) is 0. The van der Waals surface area contributed by atoms with Crippen LogP contribution in [0.5, 0.6) is 0 Å². The van der Waals surface area contributed by atoms with Crippen molar-refractivity contribution in [3.63, 3.8) is 0 Å². The molecule has 1 aromatic heterocycles. The summed E-state index contributed by atoms with van der Waals surface area (Å²) in [5.74, 6) is 0.772. The average Bonchev–Trinajstić information content (AvgIpc) is 2.41. The number of aromatic nitrogens is 2. The van der Waals surface area contributed by atoms with Crippen molar-refractivity contribution in [3.8, 4) is 0 Å². The monoisotopic (exact) mass is 139 g/mol. The van der Waals surface area contributed by atoms with Crippen LogP contribution in [0.2, 0.25) is 0 Å². The van der Waals surface area contributed by atoms with Crippen LogP contribution in [-0.4, -0.2) is 10.4 Å². The lowest BCUT2D eigenvalue weighted by Crippen LogP contribution is -1.81. The van der Waals surface area contributed by atoms with E-state index in [1.807, 2.05) is 0 Å². The summed E-state index contributed by atoms with van der Waals surface area (Å²) in [5, 5.41) is 6.78. The predicted octanol–water partition coefficient (Wildman–Crippen LogP) is 1.60. The number of hydrogen-bond donors (Lipinski definition) is 0. The van der Waals surface area contributed by atoms with E-state index < -0.39 is 0 Å². The van der Waals surface area contributed by atoms with Crippen LogP contribution < -0.4 is 0 Å². The highest BCUT2D eigenvalue weighted by Gasteiger charge is 1.96. The number of nitrogens with zero attached hydrogens (tertiary/aromatic N) is 2. The van der Waals surface area contributed by atoms with E-state index >= 15 is 0 Å². The molecule has 0 saturated heterocycles. The molecule has 0 aliphatic rings. The molecule has 0 amide bonds. The molecule has 0 atom stereocenters. The zero-order valence-electron chi connectivity index (χ0n) is 6.13. The van der Waals surface area contributed by atoms with Gasteiger partial charge in [-0.3, -0.25) is 0 Å². The quantitative estimate of drug-likeness (QED) is 0.595. The van der Waals surface area contributed by atoms with Crippen molar-refractivity contribution in [1.29, 1.82) is 0 Å². The van der Waals surface area contributed by atoms with Crippen LogP contribution in [-0.2, 0) is 6.42 Å². The highest BCUT2D eigenvalue weighted by molar-refractivity contribution is 4.82. The molecule has 0 bridgehead atoms. The second-order valence-electron chi connectivity index (χ2n) is 2.27. The van der Waals surface area contributed by atoms with Gasteiger partial charge in [0.05, 0.1) is 0 Å². The van der Waals surface area contributed by atoms with Crippen molar-refractivity contribution in [1.82, 2.24) is 10.4 Å². The Morgan fingerprint density at radius 2 is 2.40 bits per heavy atom. The smallest absolute Gasteiger partial charge is 0.166 e. The zero-order valence-corrected chi connectivity index (χ0v) is 6.13. The van der Waals surface area contributed by atoms with Crippen molar-refractivity contribution < 1.29 is 4.52 Å². The second kappa shape index (κ2) is 4.04. The van der Waals surface area contributed by atoms with Crippen LogP contribution in [0.4, 0.5) is 0 Å². The number of unbranched alkanes of at least 4 members (excludes halogenated alkanes) is 2. The molecule has 1 rings (SSSR count). The molecule has 55 valence electrons. The normalized spacial score (nSPS) is 10.1. The summed E-state index contributed by atoms with van der Waals surface area (Å²) in [6.07, 6.45) is 7.18. The van der Waals surface area contributed by atoms with Crippen molar-refractivity contribution in [2.75, 3.05) is 0 Å². The van der Waals surface area contributed by atoms with E-state index in [9.17, 15) is 0 Å². The predicted molar refractivity (Wildman–Crippen MR) is 36.4 cm³/mol. The zero-order chi connectivity index (χ0) is 7.23. The van der Waals surface area contributed by atoms with Gasteiger partial charge in [-0.25, -0.2) is 0 Å². The molecular weight excluding hydrogens is 128 g/mol. The maximum atomic E-state index is 4.76. The van der Waals surface area contributed by atoms with Gasteiger partial charge in [0.25, 0.3) is 0 Å². The third kappa shape index (κ3) is 2.17. The molecular formula is C7H11N2O. The Balaban J connectivity index is 2.15. The summed E-state index contributed by atoms with van der Waals surface area (Å²) in [6.45, 7) is 2.17. The van der Waals surface area contributed by atoms with Gasteiger partial charge in [-0.1, -0.05) is 19.8 Å². The van der Waals surface area contributed by atoms with Crippen LogP contribution in [0.3, 0.4) is 0 Å². The molecule has 0 N–H and O–H groups in total. The van der Waals surface area contributed by atoms with E-state index in [4.69, 9.17) is 4.52 Å². The minimum atomic E-state index is 0.772. The van der Waals surface area contributed by atoms with Gasteiger partial charge >= 0.3 is 0 Å². The number of hydrogen-bond acceptors (Lipinski definition) is 3. The lowest BCUT2D eigenvalue weighted by molar-refractivity contribution is 0.359. The first-order chi connectivity index (χ1) is 4.93. The highest BCUT2D eigenvalue weighted by atomic mass is 16.5. The topological polar surface area (TPSA) is 38.9 Å². The van der Waals surface area contributed by atoms with Gasteiger partial charge in [0, 0.05) is 11.7 Å². The van der Waals surface area contributed by atoms with Gasteiger partial charge in [-0.05, 0) is 6.42 Å². The summed E-state index contributed by atoms with van der Waals surface area (Å²) >= 11 is 0. The highest BCUT2D eigenvalue weighted by Crippen LogP contribution is 2.02. The van der Waals surface area contributed by atoms with E-state index in [1.165, 1.54) is 12.8 Å². The van der Waals surface area contributed by atoms with Crippen LogP contribution in [0.15, 0.2) is 4.52 Å². The van der Waals surface area contributed by atoms with Crippen molar-refractivity contribution >= 4 is 0 Å². The minimum Gasteiger partial charge on any atom is -0.341 e. The fraction of sp³-hybridized carbons (Fsp3) is 0.714. The molecule has 0 aliphatic heterocycles. The van der Waals surface area contributed by atoms with E-state index in [1.54, 1.807) is 0 Å². The molecule has 0 aliphatic carbocycles. The third-order valence-electron chi connectivity index (χ3n) is 1.37. The fourth-order valence-corrected chi connectivity index (χ4v) is 0.803. The van der Waals surface area contributed by atoms with Crippen LogP contribution in [0, 0.1) is 6.20 Å². The Labute approximate surface area is 60.4 Å². The van der Waals surface area contributed by atoms with E-state index in [2.05, 4.69) is 23.5 Å². The minimum absolute atomic E-state index is 0.772. The van der Waals surface area contributed by atoms with Gasteiger partial charge in [-0.2, -0.15) is 0 Å². The SMILES string of the molecule is CCCCCc1[c]nno1. The Morgan fingerprint density at radius 1 is 1.50 bits per heavy atom. The molecule has 1 radical (unpaired) electrons. The lowest BCUT2D eigenvalue weighted by Gasteiger charge is -1.90. The number of rotatable bonds is 4. The van der Waals surface area contributed by atoms with E-state index in [0.717, 1.165) is 18.6 Å². The molecule has 10 heavy (non-hydrogen) atoms. The first-order valence-corrected chi connectivity index (χ1v) is 3.62. The molecule has 1 heterocycles. The summed E-state index contributed by atoms with van der Waals surface area (Å²) in [6, 6.07) is 0. The van der Waals surface area contributed by atoms with Gasteiger partial charge in [0.2, 0.25) is 0 Å². The summed E-state index contributed by atoms with van der Waals surface area (Å²) in [4.78, 5) is 0. The number of aryl methyl sites for hydroxylation is 1.